The molecule has 2 aromatic carbocycles. The van der Waals surface area contributed by atoms with Crippen LogP contribution < -0.4 is 18.9 Å². The number of aliphatic hydroxyl groups is 2. The van der Waals surface area contributed by atoms with Crippen LogP contribution in [0.3, 0.4) is 0 Å². The van der Waals surface area contributed by atoms with E-state index in [0.717, 1.165) is 42.4 Å². The van der Waals surface area contributed by atoms with Crippen molar-refractivity contribution in [2.45, 2.75) is 69.2 Å². The average Bonchev–Trinajstić information content (AvgIpc) is 3.65. The van der Waals surface area contributed by atoms with Gasteiger partial charge in [-0.2, -0.15) is 0 Å². The van der Waals surface area contributed by atoms with E-state index in [9.17, 15) is 15.0 Å². The van der Waals surface area contributed by atoms with Crippen molar-refractivity contribution in [2.24, 2.45) is 22.9 Å². The Morgan fingerprint density at radius 3 is 2.47 bits per heavy atom. The fourth-order valence-electron chi connectivity index (χ4n) is 8.66. The van der Waals surface area contributed by atoms with Crippen LogP contribution in [-0.2, 0) is 20.9 Å². The standard InChI is InChI=1S/C41H52N2O10/c1-5-19-49-29-14-16-34-32(23-29)38-30(12-8-10-18-45)28(11-7-9-17-44)22-31-33(42-48-4)24-37(41(53-34,39(31)38)52-20-6-2)43(40(46)47-3)25-27-13-15-35-36(21-27)51-26-50-35/h5-6,13-16,21-23,28,30,37-39,44-45H,1-2,7-12,17-20,24-26H2,3-4H3/t28-,30+,37-,38+,39+,41+/m0/s1. The van der Waals surface area contributed by atoms with Gasteiger partial charge in [0.2, 0.25) is 12.6 Å². The monoisotopic (exact) mass is 732 g/mol. The molecule has 2 heterocycles. The van der Waals surface area contributed by atoms with Crippen molar-refractivity contribution >= 4 is 11.8 Å². The summed E-state index contributed by atoms with van der Waals surface area (Å²) in [6, 6.07) is 10.7. The van der Waals surface area contributed by atoms with Crippen LogP contribution in [0.2, 0.25) is 0 Å². The Morgan fingerprint density at radius 2 is 1.74 bits per heavy atom. The number of unbranched alkanes of at least 4 members (excludes halogenated alkanes) is 2. The number of nitrogens with zero attached hydrogens (tertiary/aromatic N) is 2. The fraction of sp³-hybridized carbons (Fsp3) is 0.512. The van der Waals surface area contributed by atoms with Crippen LogP contribution in [-0.4, -0.2) is 86.2 Å². The maximum atomic E-state index is 14.0. The quantitative estimate of drug-likeness (QED) is 0.0991. The van der Waals surface area contributed by atoms with Crippen LogP contribution in [0.15, 0.2) is 78.5 Å². The van der Waals surface area contributed by atoms with E-state index in [0.29, 0.717) is 48.2 Å². The molecule has 0 spiro atoms. The molecule has 4 aliphatic rings. The van der Waals surface area contributed by atoms with Crippen LogP contribution >= 0.6 is 0 Å². The summed E-state index contributed by atoms with van der Waals surface area (Å²) in [5, 5.41) is 24.2. The number of rotatable bonds is 18. The summed E-state index contributed by atoms with van der Waals surface area (Å²) in [5.74, 6) is 0.715. The van der Waals surface area contributed by atoms with E-state index in [1.807, 2.05) is 30.3 Å². The number of amides is 1. The van der Waals surface area contributed by atoms with Crippen LogP contribution in [0.25, 0.3) is 0 Å². The predicted molar refractivity (Wildman–Crippen MR) is 198 cm³/mol. The van der Waals surface area contributed by atoms with E-state index in [1.54, 1.807) is 17.1 Å². The first-order valence-corrected chi connectivity index (χ1v) is 18.5. The lowest BCUT2D eigenvalue weighted by Crippen LogP contribution is -2.70. The summed E-state index contributed by atoms with van der Waals surface area (Å²) in [4.78, 5) is 21.2. The highest BCUT2D eigenvalue weighted by Crippen LogP contribution is 2.62. The van der Waals surface area contributed by atoms with Gasteiger partial charge >= 0.3 is 6.09 Å². The summed E-state index contributed by atoms with van der Waals surface area (Å²) < 4.78 is 36.9. The lowest BCUT2D eigenvalue weighted by molar-refractivity contribution is -0.256. The molecule has 2 aliphatic carbocycles. The van der Waals surface area contributed by atoms with Crippen LogP contribution in [0.4, 0.5) is 4.79 Å². The van der Waals surface area contributed by atoms with Gasteiger partial charge in [-0.15, -0.1) is 6.58 Å². The van der Waals surface area contributed by atoms with Crippen molar-refractivity contribution < 1.29 is 48.3 Å². The molecule has 6 atom stereocenters. The SMILES string of the molecule is C=CCOc1ccc2c(c1)[C@H]1[C@H](CCCCO)[C@@H](CCCCO)C=C3C(=NOC)C[C@H](N(Cc4ccc5c(c4)OCO5)C(=O)OC)[C@@](OCC=C)(O2)[C@H]31. The summed E-state index contributed by atoms with van der Waals surface area (Å²) in [5.41, 5.74) is 3.41. The minimum absolute atomic E-state index is 0.0842. The number of methoxy groups -OCH3 is 1. The summed E-state index contributed by atoms with van der Waals surface area (Å²) in [6.07, 6.45) is 10.1. The normalized spacial score (nSPS) is 25.7. The Balaban J connectivity index is 1.57. The summed E-state index contributed by atoms with van der Waals surface area (Å²) in [6.45, 7) is 8.79. The van der Waals surface area contributed by atoms with Crippen LogP contribution in [0.1, 0.15) is 62.0 Å². The first kappa shape index (κ1) is 38.2. The molecule has 1 fully saturated rings. The molecule has 286 valence electrons. The molecular formula is C41H52N2O10. The highest BCUT2D eigenvalue weighted by atomic mass is 16.7. The Hall–Kier alpha value is -4.52. The largest absolute Gasteiger partial charge is 0.490 e. The van der Waals surface area contributed by atoms with E-state index < -0.39 is 23.8 Å². The molecular weight excluding hydrogens is 680 g/mol. The second-order valence-electron chi connectivity index (χ2n) is 13.8. The Kier molecular flexibility index (Phi) is 12.6. The molecule has 12 nitrogen and oxygen atoms in total. The topological polar surface area (TPSA) is 138 Å². The number of ether oxygens (including phenoxy) is 6. The molecule has 0 aromatic heterocycles. The lowest BCUT2D eigenvalue weighted by Gasteiger charge is -2.59. The molecule has 0 bridgehead atoms. The molecule has 6 rings (SSSR count). The van der Waals surface area contributed by atoms with E-state index in [2.05, 4.69) is 30.5 Å². The summed E-state index contributed by atoms with van der Waals surface area (Å²) >= 11 is 0. The second-order valence-corrected chi connectivity index (χ2v) is 13.8. The Morgan fingerprint density at radius 1 is 0.981 bits per heavy atom. The second kappa shape index (κ2) is 17.5. The fourth-order valence-corrected chi connectivity index (χ4v) is 8.66. The Labute approximate surface area is 311 Å². The van der Waals surface area contributed by atoms with Gasteiger partial charge in [0, 0.05) is 37.7 Å². The molecule has 1 amide bonds. The molecule has 2 aromatic rings. The van der Waals surface area contributed by atoms with Crippen molar-refractivity contribution in [3.05, 3.63) is 84.5 Å². The molecule has 0 unspecified atom stereocenters. The lowest BCUT2D eigenvalue weighted by atomic mass is 9.55. The van der Waals surface area contributed by atoms with Crippen molar-refractivity contribution in [3.63, 3.8) is 0 Å². The smallest absolute Gasteiger partial charge is 0.410 e. The average molecular weight is 733 g/mol. The van der Waals surface area contributed by atoms with Gasteiger partial charge in [-0.3, -0.25) is 4.90 Å². The van der Waals surface area contributed by atoms with Gasteiger partial charge in [-0.25, -0.2) is 4.79 Å². The number of hydrogen-bond donors (Lipinski definition) is 2. The zero-order chi connectivity index (χ0) is 37.4. The third-order valence-electron chi connectivity index (χ3n) is 10.8. The molecule has 2 aliphatic heterocycles. The van der Waals surface area contributed by atoms with Gasteiger partial charge < -0.3 is 43.5 Å². The van der Waals surface area contributed by atoms with E-state index in [1.165, 1.54) is 14.2 Å². The summed E-state index contributed by atoms with van der Waals surface area (Å²) in [7, 11) is 2.89. The molecule has 0 radical (unpaired) electrons. The van der Waals surface area contributed by atoms with Gasteiger partial charge in [0.05, 0.1) is 25.3 Å². The number of benzene rings is 2. The van der Waals surface area contributed by atoms with Gasteiger partial charge in [-0.05, 0) is 79.0 Å². The number of allylic oxidation sites excluding steroid dienone is 1. The van der Waals surface area contributed by atoms with Gasteiger partial charge in [-0.1, -0.05) is 48.9 Å². The number of hydrogen-bond acceptors (Lipinski definition) is 11. The van der Waals surface area contributed by atoms with Gasteiger partial charge in [0.25, 0.3) is 0 Å². The van der Waals surface area contributed by atoms with Crippen molar-refractivity contribution in [1.29, 1.82) is 0 Å². The van der Waals surface area contributed by atoms with Crippen LogP contribution in [0, 0.1) is 17.8 Å². The number of carbonyl (C=O) groups excluding carboxylic acids is 1. The van der Waals surface area contributed by atoms with Gasteiger partial charge in [0.15, 0.2) is 11.5 Å². The number of fused-ring (bicyclic) bond motifs is 3. The molecule has 1 saturated carbocycles. The number of aliphatic hydroxyl groups excluding tert-OH is 2. The zero-order valence-electron chi connectivity index (χ0n) is 30.7. The predicted octanol–water partition coefficient (Wildman–Crippen LogP) is 6.51. The third-order valence-corrected chi connectivity index (χ3v) is 10.8. The van der Waals surface area contributed by atoms with Gasteiger partial charge in [0.1, 0.15) is 31.3 Å². The minimum atomic E-state index is -1.41. The molecule has 0 saturated heterocycles. The zero-order valence-corrected chi connectivity index (χ0v) is 30.7. The molecule has 12 heteroatoms. The third kappa shape index (κ3) is 7.76. The first-order valence-electron chi connectivity index (χ1n) is 18.5. The molecule has 53 heavy (non-hydrogen) atoms. The highest BCUT2D eigenvalue weighted by molar-refractivity contribution is 6.03. The van der Waals surface area contributed by atoms with Crippen molar-refractivity contribution in [1.82, 2.24) is 4.90 Å². The maximum absolute atomic E-state index is 14.0. The number of carbonyl (C=O) groups is 1. The molecule has 2 N–H and O–H groups in total. The van der Waals surface area contributed by atoms with Crippen LogP contribution in [0.5, 0.6) is 23.0 Å². The van der Waals surface area contributed by atoms with Crippen molar-refractivity contribution in [3.8, 4) is 23.0 Å². The first-order chi connectivity index (χ1) is 25.9. The van der Waals surface area contributed by atoms with E-state index in [4.69, 9.17) is 33.3 Å². The van der Waals surface area contributed by atoms with Crippen molar-refractivity contribution in [2.75, 3.05) is 47.4 Å². The Bertz CT molecular complexity index is 1680. The van der Waals surface area contributed by atoms with E-state index >= 15 is 0 Å². The number of oxime groups is 1. The maximum Gasteiger partial charge on any atom is 0.410 e. The van der Waals surface area contributed by atoms with E-state index in [-0.39, 0.29) is 57.3 Å². The minimum Gasteiger partial charge on any atom is -0.490 e. The highest BCUT2D eigenvalue weighted by Gasteiger charge is 2.65.